The molecule has 0 bridgehead atoms. The maximum atomic E-state index is 11.1. The molecule has 3 N–H and O–H groups in total. The van der Waals surface area contributed by atoms with Gasteiger partial charge in [-0.3, -0.25) is 4.79 Å². The fraction of sp³-hybridized carbons (Fsp3) is 0.900. The first-order chi connectivity index (χ1) is 6.83. The van der Waals surface area contributed by atoms with Crippen LogP contribution in [-0.2, 0) is 9.53 Å². The Morgan fingerprint density at radius 2 is 2.29 bits per heavy atom. The van der Waals surface area contributed by atoms with Crippen LogP contribution in [0.2, 0.25) is 0 Å². The number of rotatable bonds is 8. The Morgan fingerprint density at radius 1 is 1.50 bits per heavy atom. The highest BCUT2D eigenvalue weighted by Crippen LogP contribution is 2.33. The van der Waals surface area contributed by atoms with Gasteiger partial charge in [0, 0.05) is 13.1 Å². The van der Waals surface area contributed by atoms with Crippen molar-refractivity contribution in [2.75, 3.05) is 26.3 Å². The molecule has 82 valence electrons. The Kier molecular flexibility index (Phi) is 5.56. The van der Waals surface area contributed by atoms with E-state index in [0.717, 1.165) is 18.9 Å². The van der Waals surface area contributed by atoms with Crippen molar-refractivity contribution in [1.82, 2.24) is 5.32 Å². The number of ether oxygens (including phenoxy) is 1. The maximum absolute atomic E-state index is 11.1. The number of amides is 1. The Bertz CT molecular complexity index is 170. The Hall–Kier alpha value is -0.610. The summed E-state index contributed by atoms with van der Waals surface area (Å²) in [4.78, 5) is 11.1. The molecule has 0 aromatic carbocycles. The minimum Gasteiger partial charge on any atom is -0.370 e. The second-order valence-electron chi connectivity index (χ2n) is 3.78. The quantitative estimate of drug-likeness (QED) is 0.553. The average Bonchev–Trinajstić information content (AvgIpc) is 2.97. The summed E-state index contributed by atoms with van der Waals surface area (Å²) in [7, 11) is 0. The Balaban J connectivity index is 1.81. The summed E-state index contributed by atoms with van der Waals surface area (Å²) in [5, 5.41) is 2.82. The van der Waals surface area contributed by atoms with Crippen LogP contribution in [0.25, 0.3) is 0 Å². The monoisotopic (exact) mass is 200 g/mol. The summed E-state index contributed by atoms with van der Waals surface area (Å²) in [6.07, 6.45) is 5.11. The normalized spacial score (nSPS) is 15.5. The van der Waals surface area contributed by atoms with Crippen LogP contribution >= 0.6 is 0 Å². The number of hydrogen-bond donors (Lipinski definition) is 2. The van der Waals surface area contributed by atoms with E-state index in [0.29, 0.717) is 13.2 Å². The van der Waals surface area contributed by atoms with Gasteiger partial charge in [0.2, 0.25) is 5.91 Å². The van der Waals surface area contributed by atoms with Gasteiger partial charge in [0.25, 0.3) is 0 Å². The maximum Gasteiger partial charge on any atom is 0.245 e. The van der Waals surface area contributed by atoms with E-state index in [1.807, 2.05) is 0 Å². The molecule has 4 heteroatoms. The van der Waals surface area contributed by atoms with E-state index in [-0.39, 0.29) is 12.5 Å². The number of carbonyl (C=O) groups is 1. The van der Waals surface area contributed by atoms with Crippen LogP contribution in [0.5, 0.6) is 0 Å². The van der Waals surface area contributed by atoms with E-state index in [2.05, 4.69) is 5.32 Å². The van der Waals surface area contributed by atoms with Gasteiger partial charge in [-0.25, -0.2) is 0 Å². The van der Waals surface area contributed by atoms with Crippen LogP contribution in [0.4, 0.5) is 0 Å². The third-order valence-corrected chi connectivity index (χ3v) is 2.30. The zero-order valence-electron chi connectivity index (χ0n) is 8.63. The molecule has 0 aromatic rings. The molecule has 0 aromatic heterocycles. The summed E-state index contributed by atoms with van der Waals surface area (Å²) >= 11 is 0. The van der Waals surface area contributed by atoms with Gasteiger partial charge in [0.15, 0.2) is 0 Å². The first kappa shape index (κ1) is 11.5. The number of hydrogen-bond acceptors (Lipinski definition) is 3. The third-order valence-electron chi connectivity index (χ3n) is 2.30. The van der Waals surface area contributed by atoms with E-state index < -0.39 is 0 Å². The van der Waals surface area contributed by atoms with E-state index in [1.165, 1.54) is 19.3 Å². The first-order valence-electron chi connectivity index (χ1n) is 5.37. The molecule has 0 atom stereocenters. The van der Waals surface area contributed by atoms with Gasteiger partial charge in [-0.1, -0.05) is 12.8 Å². The van der Waals surface area contributed by atoms with Crippen molar-refractivity contribution in [2.24, 2.45) is 11.7 Å². The zero-order valence-corrected chi connectivity index (χ0v) is 8.63. The SMILES string of the molecule is NCCOCC(=O)NCCCC1CC1. The fourth-order valence-electron chi connectivity index (χ4n) is 1.32. The summed E-state index contributed by atoms with van der Waals surface area (Å²) in [5.74, 6) is 0.912. The number of nitrogens with two attached hydrogens (primary N) is 1. The third kappa shape index (κ3) is 5.94. The van der Waals surface area contributed by atoms with Crippen molar-refractivity contribution in [3.05, 3.63) is 0 Å². The molecule has 0 heterocycles. The van der Waals surface area contributed by atoms with E-state index in [1.54, 1.807) is 0 Å². The van der Waals surface area contributed by atoms with Crippen LogP contribution in [-0.4, -0.2) is 32.2 Å². The van der Waals surface area contributed by atoms with E-state index >= 15 is 0 Å². The van der Waals surface area contributed by atoms with Crippen LogP contribution in [0.1, 0.15) is 25.7 Å². The van der Waals surface area contributed by atoms with Crippen LogP contribution in [0.3, 0.4) is 0 Å². The molecule has 1 rings (SSSR count). The molecule has 1 aliphatic carbocycles. The fourth-order valence-corrected chi connectivity index (χ4v) is 1.32. The van der Waals surface area contributed by atoms with Crippen LogP contribution < -0.4 is 11.1 Å². The second-order valence-corrected chi connectivity index (χ2v) is 3.78. The molecule has 0 saturated heterocycles. The Morgan fingerprint density at radius 3 is 2.93 bits per heavy atom. The van der Waals surface area contributed by atoms with E-state index in [9.17, 15) is 4.79 Å². The predicted octanol–water partition coefficient (Wildman–Crippen LogP) is 0.268. The molecular weight excluding hydrogens is 180 g/mol. The zero-order chi connectivity index (χ0) is 10.2. The largest absolute Gasteiger partial charge is 0.370 e. The van der Waals surface area contributed by atoms with Crippen LogP contribution in [0, 0.1) is 5.92 Å². The number of nitrogens with one attached hydrogen (secondary N) is 1. The summed E-state index contributed by atoms with van der Waals surface area (Å²) in [5.41, 5.74) is 5.22. The summed E-state index contributed by atoms with van der Waals surface area (Å²) < 4.78 is 5.00. The molecule has 1 saturated carbocycles. The summed E-state index contributed by atoms with van der Waals surface area (Å²) in [6, 6.07) is 0. The van der Waals surface area contributed by atoms with Gasteiger partial charge >= 0.3 is 0 Å². The van der Waals surface area contributed by atoms with E-state index in [4.69, 9.17) is 10.5 Å². The average molecular weight is 200 g/mol. The topological polar surface area (TPSA) is 64.3 Å². The lowest BCUT2D eigenvalue weighted by Gasteiger charge is -2.04. The molecule has 0 spiro atoms. The highest BCUT2D eigenvalue weighted by Gasteiger charge is 2.19. The molecule has 0 unspecified atom stereocenters. The Labute approximate surface area is 85.2 Å². The van der Waals surface area contributed by atoms with Gasteiger partial charge in [0.1, 0.15) is 6.61 Å². The predicted molar refractivity (Wildman–Crippen MR) is 54.8 cm³/mol. The second kappa shape index (κ2) is 6.79. The highest BCUT2D eigenvalue weighted by molar-refractivity contribution is 5.77. The highest BCUT2D eigenvalue weighted by atomic mass is 16.5. The first-order valence-corrected chi connectivity index (χ1v) is 5.37. The smallest absolute Gasteiger partial charge is 0.245 e. The lowest BCUT2D eigenvalue weighted by atomic mass is 10.2. The molecule has 1 fully saturated rings. The van der Waals surface area contributed by atoms with Gasteiger partial charge in [-0.05, 0) is 18.8 Å². The van der Waals surface area contributed by atoms with Crippen molar-refractivity contribution in [3.8, 4) is 0 Å². The summed E-state index contributed by atoms with van der Waals surface area (Å²) in [6.45, 7) is 1.84. The molecule has 4 nitrogen and oxygen atoms in total. The minimum atomic E-state index is -0.0331. The molecule has 1 aliphatic rings. The van der Waals surface area contributed by atoms with Gasteiger partial charge in [-0.15, -0.1) is 0 Å². The lowest BCUT2D eigenvalue weighted by molar-refractivity contribution is -0.125. The van der Waals surface area contributed by atoms with Gasteiger partial charge in [0.05, 0.1) is 6.61 Å². The van der Waals surface area contributed by atoms with Crippen molar-refractivity contribution < 1.29 is 9.53 Å². The standard InChI is InChI=1S/C10H20N2O2/c11-5-7-14-8-10(13)12-6-1-2-9-3-4-9/h9H,1-8,11H2,(H,12,13). The molecule has 0 aliphatic heterocycles. The van der Waals surface area contributed by atoms with Gasteiger partial charge in [-0.2, -0.15) is 0 Å². The molecule has 0 radical (unpaired) electrons. The molecule has 14 heavy (non-hydrogen) atoms. The molecule has 1 amide bonds. The number of carbonyl (C=O) groups excluding carboxylic acids is 1. The van der Waals surface area contributed by atoms with Gasteiger partial charge < -0.3 is 15.8 Å². The van der Waals surface area contributed by atoms with Crippen LogP contribution in [0.15, 0.2) is 0 Å². The lowest BCUT2D eigenvalue weighted by Crippen LogP contribution is -2.29. The van der Waals surface area contributed by atoms with Crippen molar-refractivity contribution in [1.29, 1.82) is 0 Å². The molecular formula is C10H20N2O2. The van der Waals surface area contributed by atoms with Crippen molar-refractivity contribution >= 4 is 5.91 Å². The van der Waals surface area contributed by atoms with Crippen molar-refractivity contribution in [3.63, 3.8) is 0 Å². The van der Waals surface area contributed by atoms with Crippen molar-refractivity contribution in [2.45, 2.75) is 25.7 Å². The minimum absolute atomic E-state index is 0.0331.